The van der Waals surface area contributed by atoms with E-state index >= 15 is 0 Å². The summed E-state index contributed by atoms with van der Waals surface area (Å²) in [6.07, 6.45) is -2.79. The molecule has 188 valence electrons. The molecule has 11 heteroatoms. The molecule has 4 aromatic rings. The van der Waals surface area contributed by atoms with E-state index in [1.807, 2.05) is 36.2 Å². The molecule has 1 aliphatic heterocycles. The summed E-state index contributed by atoms with van der Waals surface area (Å²) in [5.74, 6) is 0.553. The summed E-state index contributed by atoms with van der Waals surface area (Å²) in [4.78, 5) is 20.2. The Balaban J connectivity index is 1.61. The molecule has 0 bridgehead atoms. The number of imidazole rings is 1. The van der Waals surface area contributed by atoms with Gasteiger partial charge < -0.3 is 20.3 Å². The second-order valence-electron chi connectivity index (χ2n) is 8.43. The molecule has 0 spiro atoms. The van der Waals surface area contributed by atoms with Gasteiger partial charge in [0.15, 0.2) is 11.6 Å². The summed E-state index contributed by atoms with van der Waals surface area (Å²) in [6, 6.07) is 14.9. The molecule has 0 unspecified atom stereocenters. The highest BCUT2D eigenvalue weighted by Crippen LogP contribution is 2.28. The zero-order valence-electron chi connectivity index (χ0n) is 20.0. The Labute approximate surface area is 207 Å². The number of rotatable bonds is 9. The number of halogens is 2. The molecule has 9 nitrogen and oxygen atoms in total. The Kier molecular flexibility index (Phi) is 7.40. The van der Waals surface area contributed by atoms with Gasteiger partial charge in [-0.25, -0.2) is 13.8 Å². The fourth-order valence-electron chi connectivity index (χ4n) is 4.16. The summed E-state index contributed by atoms with van der Waals surface area (Å²) in [5.41, 5.74) is 2.82. The fraction of sp³-hybridized carbons (Fsp3) is 0.360. The molecule has 3 heterocycles. The van der Waals surface area contributed by atoms with E-state index in [0.717, 1.165) is 24.2 Å². The SMILES string of the molecule is CNCCNCc1cccc(-c2nc(N3CCOCC3)nc(-n3c(C(F)F)nc4ccccc43)n2)c1. The lowest BCUT2D eigenvalue weighted by Gasteiger charge is -2.27. The third-order valence-electron chi connectivity index (χ3n) is 5.95. The zero-order chi connectivity index (χ0) is 24.9. The molecule has 0 aliphatic carbocycles. The number of aromatic nitrogens is 5. The van der Waals surface area contributed by atoms with Gasteiger partial charge in [0.2, 0.25) is 11.9 Å². The number of alkyl halides is 2. The Morgan fingerprint density at radius 2 is 1.75 bits per heavy atom. The van der Waals surface area contributed by atoms with Crippen molar-refractivity contribution >= 4 is 17.0 Å². The summed E-state index contributed by atoms with van der Waals surface area (Å²) < 4.78 is 34.9. The molecule has 0 radical (unpaired) electrons. The predicted octanol–water partition coefficient (Wildman–Crippen LogP) is 2.96. The van der Waals surface area contributed by atoms with Crippen LogP contribution in [0.15, 0.2) is 48.5 Å². The third-order valence-corrected chi connectivity index (χ3v) is 5.95. The number of ether oxygens (including phenoxy) is 1. The minimum atomic E-state index is -2.79. The number of morpholine rings is 1. The van der Waals surface area contributed by atoms with Gasteiger partial charge in [0, 0.05) is 38.3 Å². The lowest BCUT2D eigenvalue weighted by molar-refractivity contribution is 0.122. The van der Waals surface area contributed by atoms with Crippen LogP contribution in [0, 0.1) is 0 Å². The smallest absolute Gasteiger partial charge is 0.296 e. The summed E-state index contributed by atoms with van der Waals surface area (Å²) in [5, 5.41) is 6.49. The van der Waals surface area contributed by atoms with Gasteiger partial charge in [0.05, 0.1) is 24.2 Å². The molecular formula is C25H28F2N8O. The van der Waals surface area contributed by atoms with Crippen molar-refractivity contribution in [3.05, 3.63) is 59.9 Å². The van der Waals surface area contributed by atoms with Crippen molar-refractivity contribution in [1.82, 2.24) is 35.1 Å². The fourth-order valence-corrected chi connectivity index (χ4v) is 4.16. The van der Waals surface area contributed by atoms with Crippen LogP contribution in [0.3, 0.4) is 0 Å². The van der Waals surface area contributed by atoms with Crippen molar-refractivity contribution in [1.29, 1.82) is 0 Å². The van der Waals surface area contributed by atoms with Gasteiger partial charge in [0.1, 0.15) is 0 Å². The molecule has 5 rings (SSSR count). The van der Waals surface area contributed by atoms with E-state index in [9.17, 15) is 8.78 Å². The highest BCUT2D eigenvalue weighted by molar-refractivity contribution is 5.77. The van der Waals surface area contributed by atoms with Gasteiger partial charge in [-0.05, 0) is 30.8 Å². The molecule has 2 aromatic carbocycles. The highest BCUT2D eigenvalue weighted by atomic mass is 19.3. The van der Waals surface area contributed by atoms with E-state index in [1.165, 1.54) is 4.57 Å². The van der Waals surface area contributed by atoms with Gasteiger partial charge in [-0.1, -0.05) is 30.3 Å². The van der Waals surface area contributed by atoms with Crippen LogP contribution in [-0.4, -0.2) is 70.9 Å². The number of para-hydroxylation sites is 2. The van der Waals surface area contributed by atoms with Crippen molar-refractivity contribution in [3.8, 4) is 17.3 Å². The van der Waals surface area contributed by atoms with Crippen molar-refractivity contribution in [2.75, 3.05) is 51.3 Å². The normalized spacial score (nSPS) is 14.2. The Bertz CT molecular complexity index is 1320. The Morgan fingerprint density at radius 1 is 0.944 bits per heavy atom. The van der Waals surface area contributed by atoms with Crippen LogP contribution in [0.25, 0.3) is 28.4 Å². The zero-order valence-corrected chi connectivity index (χ0v) is 20.0. The predicted molar refractivity (Wildman–Crippen MR) is 134 cm³/mol. The van der Waals surface area contributed by atoms with E-state index in [-0.39, 0.29) is 5.95 Å². The van der Waals surface area contributed by atoms with Crippen LogP contribution < -0.4 is 15.5 Å². The number of anilines is 1. The number of benzene rings is 2. The first-order chi connectivity index (χ1) is 17.6. The second-order valence-corrected chi connectivity index (χ2v) is 8.43. The highest BCUT2D eigenvalue weighted by Gasteiger charge is 2.24. The van der Waals surface area contributed by atoms with Crippen LogP contribution in [0.4, 0.5) is 14.7 Å². The first kappa shape index (κ1) is 24.2. The van der Waals surface area contributed by atoms with E-state index in [2.05, 4.69) is 25.6 Å². The maximum Gasteiger partial charge on any atom is 0.296 e. The summed E-state index contributed by atoms with van der Waals surface area (Å²) in [6.45, 7) is 4.67. The van der Waals surface area contributed by atoms with Gasteiger partial charge in [0.25, 0.3) is 6.43 Å². The van der Waals surface area contributed by atoms with Crippen LogP contribution in [-0.2, 0) is 11.3 Å². The lowest BCUT2D eigenvalue weighted by Crippen LogP contribution is -2.37. The number of likely N-dealkylation sites (N-methyl/N-ethyl adjacent to an activating group) is 1. The van der Waals surface area contributed by atoms with Gasteiger partial charge in [-0.3, -0.25) is 4.57 Å². The molecule has 1 saturated heterocycles. The maximum atomic E-state index is 14.1. The second kappa shape index (κ2) is 11.0. The summed E-state index contributed by atoms with van der Waals surface area (Å²) >= 11 is 0. The number of nitrogens with zero attached hydrogens (tertiary/aromatic N) is 6. The lowest BCUT2D eigenvalue weighted by atomic mass is 10.1. The minimum absolute atomic E-state index is 0.114. The van der Waals surface area contributed by atoms with Crippen molar-refractivity contribution in [2.45, 2.75) is 13.0 Å². The minimum Gasteiger partial charge on any atom is -0.378 e. The van der Waals surface area contributed by atoms with Gasteiger partial charge in [-0.2, -0.15) is 15.0 Å². The third kappa shape index (κ3) is 5.18. The van der Waals surface area contributed by atoms with Gasteiger partial charge >= 0.3 is 0 Å². The average molecular weight is 495 g/mol. The molecule has 1 fully saturated rings. The van der Waals surface area contributed by atoms with Crippen LogP contribution in [0.5, 0.6) is 0 Å². The maximum absolute atomic E-state index is 14.1. The van der Waals surface area contributed by atoms with Crippen molar-refractivity contribution < 1.29 is 13.5 Å². The summed E-state index contributed by atoms with van der Waals surface area (Å²) in [7, 11) is 1.91. The monoisotopic (exact) mass is 494 g/mol. The van der Waals surface area contributed by atoms with Gasteiger partial charge in [-0.15, -0.1) is 0 Å². The average Bonchev–Trinajstić information content (AvgIpc) is 3.32. The van der Waals surface area contributed by atoms with Crippen LogP contribution >= 0.6 is 0 Å². The van der Waals surface area contributed by atoms with E-state index in [1.54, 1.807) is 24.3 Å². The number of fused-ring (bicyclic) bond motifs is 1. The van der Waals surface area contributed by atoms with Crippen LogP contribution in [0.1, 0.15) is 17.8 Å². The van der Waals surface area contributed by atoms with E-state index in [0.29, 0.717) is 55.7 Å². The molecule has 36 heavy (non-hydrogen) atoms. The Hall–Kier alpha value is -3.54. The van der Waals surface area contributed by atoms with E-state index in [4.69, 9.17) is 9.72 Å². The quantitative estimate of drug-likeness (QED) is 0.343. The largest absolute Gasteiger partial charge is 0.378 e. The van der Waals surface area contributed by atoms with E-state index < -0.39 is 12.2 Å². The molecule has 2 aromatic heterocycles. The first-order valence-electron chi connectivity index (χ1n) is 11.9. The standard InChI is InChI=1S/C25H28F2N8O/c1-28-9-10-29-16-17-5-4-6-18(15-17)22-31-24(34-11-13-36-14-12-34)33-25(32-22)35-20-8-3-2-7-19(20)30-23(35)21(26)27/h2-8,15,21,28-29H,9-14,16H2,1H3. The number of hydrogen-bond donors (Lipinski definition) is 2. The molecule has 1 aliphatic rings. The number of nitrogens with one attached hydrogen (secondary N) is 2. The first-order valence-corrected chi connectivity index (χ1v) is 11.9. The molecular weight excluding hydrogens is 466 g/mol. The Morgan fingerprint density at radius 3 is 2.56 bits per heavy atom. The molecule has 0 saturated carbocycles. The van der Waals surface area contributed by atoms with Crippen molar-refractivity contribution in [3.63, 3.8) is 0 Å². The van der Waals surface area contributed by atoms with Crippen molar-refractivity contribution in [2.24, 2.45) is 0 Å². The molecule has 0 atom stereocenters. The number of hydrogen-bond acceptors (Lipinski definition) is 8. The van der Waals surface area contributed by atoms with Crippen LogP contribution in [0.2, 0.25) is 0 Å². The molecule has 0 amide bonds. The topological polar surface area (TPSA) is 93.0 Å². The molecule has 2 N–H and O–H groups in total.